The van der Waals surface area contributed by atoms with E-state index in [2.05, 4.69) is 32.9 Å². The van der Waals surface area contributed by atoms with Crippen molar-refractivity contribution >= 4 is 23.4 Å². The molecule has 0 spiro atoms. The van der Waals surface area contributed by atoms with E-state index in [1.54, 1.807) is 18.4 Å². The first-order valence-electron chi connectivity index (χ1n) is 7.55. The zero-order chi connectivity index (χ0) is 17.5. The van der Waals surface area contributed by atoms with Crippen molar-refractivity contribution in [1.82, 2.24) is 20.9 Å². The average Bonchev–Trinajstić information content (AvgIpc) is 2.75. The van der Waals surface area contributed by atoms with Crippen LogP contribution in [-0.4, -0.2) is 42.8 Å². The van der Waals surface area contributed by atoms with Crippen molar-refractivity contribution in [2.24, 2.45) is 4.99 Å². The number of hydrogen-bond donors (Lipinski definition) is 3. The minimum atomic E-state index is -0.487. The van der Waals surface area contributed by atoms with Gasteiger partial charge in [-0.1, -0.05) is 0 Å². The van der Waals surface area contributed by atoms with Crippen LogP contribution >= 0.6 is 11.3 Å². The molecule has 0 aromatic carbocycles. The summed E-state index contributed by atoms with van der Waals surface area (Å²) in [6.45, 7) is 11.2. The highest BCUT2D eigenvalue weighted by Crippen LogP contribution is 2.15. The number of amides is 1. The third-order valence-electron chi connectivity index (χ3n) is 2.79. The lowest BCUT2D eigenvalue weighted by atomic mass is 10.2. The quantitative estimate of drug-likeness (QED) is 0.433. The number of aromatic nitrogens is 1. The van der Waals surface area contributed by atoms with Gasteiger partial charge in [0.15, 0.2) is 5.96 Å². The van der Waals surface area contributed by atoms with Gasteiger partial charge in [-0.3, -0.25) is 4.99 Å². The normalized spacial score (nSPS) is 12.0. The van der Waals surface area contributed by atoms with Gasteiger partial charge in [0.05, 0.1) is 12.2 Å². The Morgan fingerprint density at radius 2 is 1.87 bits per heavy atom. The van der Waals surface area contributed by atoms with E-state index in [4.69, 9.17) is 4.74 Å². The monoisotopic (exact) mass is 341 g/mol. The van der Waals surface area contributed by atoms with Crippen LogP contribution in [0.25, 0.3) is 0 Å². The molecule has 8 heteroatoms. The molecule has 0 unspecified atom stereocenters. The molecule has 0 aliphatic heterocycles. The summed E-state index contributed by atoms with van der Waals surface area (Å²) in [7, 11) is 1.70. The standard InChI is InChI=1S/C15H27N5O2S/c1-10-11(2)23-12(20-10)9-19-13(16-6)17-7-8-18-14(21)22-15(3,4)5/h7-9H2,1-6H3,(H,18,21)(H2,16,17,19). The lowest BCUT2D eigenvalue weighted by molar-refractivity contribution is 0.0529. The van der Waals surface area contributed by atoms with Crippen molar-refractivity contribution in [2.45, 2.75) is 46.8 Å². The lowest BCUT2D eigenvalue weighted by Crippen LogP contribution is -2.42. The van der Waals surface area contributed by atoms with Crippen molar-refractivity contribution in [3.8, 4) is 0 Å². The van der Waals surface area contributed by atoms with Crippen molar-refractivity contribution in [2.75, 3.05) is 20.1 Å². The second-order valence-electron chi connectivity index (χ2n) is 6.03. The van der Waals surface area contributed by atoms with Gasteiger partial charge in [-0.2, -0.15) is 0 Å². The number of aryl methyl sites for hydroxylation is 2. The molecule has 1 aromatic rings. The molecule has 1 heterocycles. The number of thiazole rings is 1. The van der Waals surface area contributed by atoms with Gasteiger partial charge in [-0.15, -0.1) is 11.3 Å². The van der Waals surface area contributed by atoms with Gasteiger partial charge in [0.2, 0.25) is 0 Å². The molecule has 130 valence electrons. The SMILES string of the molecule is CN=C(NCCNC(=O)OC(C)(C)C)NCc1nc(C)c(C)s1. The third-order valence-corrected chi connectivity index (χ3v) is 3.86. The Bertz CT molecular complexity index is 529. The number of carbonyl (C=O) groups is 1. The van der Waals surface area contributed by atoms with E-state index < -0.39 is 11.7 Å². The maximum Gasteiger partial charge on any atom is 0.407 e. The fourth-order valence-electron chi connectivity index (χ4n) is 1.65. The van der Waals surface area contributed by atoms with Crippen LogP contribution in [0.4, 0.5) is 4.79 Å². The fourth-order valence-corrected chi connectivity index (χ4v) is 2.53. The Morgan fingerprint density at radius 1 is 1.22 bits per heavy atom. The molecule has 0 fully saturated rings. The molecular weight excluding hydrogens is 314 g/mol. The lowest BCUT2D eigenvalue weighted by Gasteiger charge is -2.19. The van der Waals surface area contributed by atoms with Crippen molar-refractivity contribution in [3.63, 3.8) is 0 Å². The molecule has 0 radical (unpaired) electrons. The second kappa shape index (κ2) is 8.71. The zero-order valence-electron chi connectivity index (χ0n) is 14.7. The van der Waals surface area contributed by atoms with E-state index in [-0.39, 0.29) is 0 Å². The average molecular weight is 341 g/mol. The molecule has 0 atom stereocenters. The Labute approximate surface area is 141 Å². The molecule has 0 saturated heterocycles. The molecule has 0 bridgehead atoms. The van der Waals surface area contributed by atoms with Crippen LogP contribution in [0.3, 0.4) is 0 Å². The highest BCUT2D eigenvalue weighted by Gasteiger charge is 2.15. The van der Waals surface area contributed by atoms with E-state index in [9.17, 15) is 4.79 Å². The van der Waals surface area contributed by atoms with Crippen LogP contribution in [0.2, 0.25) is 0 Å². The van der Waals surface area contributed by atoms with Gasteiger partial charge in [0.1, 0.15) is 10.6 Å². The molecule has 23 heavy (non-hydrogen) atoms. The van der Waals surface area contributed by atoms with Crippen LogP contribution < -0.4 is 16.0 Å². The van der Waals surface area contributed by atoms with Crippen molar-refractivity contribution in [1.29, 1.82) is 0 Å². The van der Waals surface area contributed by atoms with Crippen molar-refractivity contribution in [3.05, 3.63) is 15.6 Å². The molecule has 1 rings (SSSR count). The van der Waals surface area contributed by atoms with Crippen LogP contribution in [0.5, 0.6) is 0 Å². The highest BCUT2D eigenvalue weighted by atomic mass is 32.1. The summed E-state index contributed by atoms with van der Waals surface area (Å²) in [6, 6.07) is 0. The maximum absolute atomic E-state index is 11.5. The number of hydrogen-bond acceptors (Lipinski definition) is 5. The smallest absolute Gasteiger partial charge is 0.407 e. The largest absolute Gasteiger partial charge is 0.444 e. The number of carbonyl (C=O) groups excluding carboxylic acids is 1. The van der Waals surface area contributed by atoms with Crippen molar-refractivity contribution < 1.29 is 9.53 Å². The Balaban J connectivity index is 2.25. The Kier molecular flexibility index (Phi) is 7.28. The summed E-state index contributed by atoms with van der Waals surface area (Å²) in [4.78, 5) is 21.3. The predicted octanol–water partition coefficient (Wildman–Crippen LogP) is 1.95. The maximum atomic E-state index is 11.5. The van der Waals surface area contributed by atoms with Crippen LogP contribution in [0.15, 0.2) is 4.99 Å². The van der Waals surface area contributed by atoms with Gasteiger partial charge < -0.3 is 20.7 Å². The molecule has 7 nitrogen and oxygen atoms in total. The van der Waals surface area contributed by atoms with Crippen LogP contribution in [-0.2, 0) is 11.3 Å². The number of alkyl carbamates (subject to hydrolysis) is 1. The van der Waals surface area contributed by atoms with Crippen LogP contribution in [0, 0.1) is 13.8 Å². The minimum Gasteiger partial charge on any atom is -0.444 e. The van der Waals surface area contributed by atoms with Gasteiger partial charge >= 0.3 is 6.09 Å². The number of aliphatic imine (C=N–C) groups is 1. The first kappa shape index (κ1) is 19.2. The van der Waals surface area contributed by atoms with Gasteiger partial charge in [-0.25, -0.2) is 9.78 Å². The summed E-state index contributed by atoms with van der Waals surface area (Å²) in [5.74, 6) is 0.668. The van der Waals surface area contributed by atoms with E-state index in [1.165, 1.54) is 4.88 Å². The molecule has 1 aromatic heterocycles. The summed E-state index contributed by atoms with van der Waals surface area (Å²) in [5.41, 5.74) is 0.579. The Hall–Kier alpha value is -1.83. The summed E-state index contributed by atoms with van der Waals surface area (Å²) >= 11 is 1.67. The van der Waals surface area contributed by atoms with Crippen LogP contribution in [0.1, 0.15) is 36.3 Å². The minimum absolute atomic E-state index is 0.420. The van der Waals surface area contributed by atoms with Gasteiger partial charge in [0.25, 0.3) is 0 Å². The van der Waals surface area contributed by atoms with E-state index in [0.717, 1.165) is 10.7 Å². The molecule has 1 amide bonds. The zero-order valence-corrected chi connectivity index (χ0v) is 15.6. The summed E-state index contributed by atoms with van der Waals surface area (Å²) in [6.07, 6.45) is -0.420. The van der Waals surface area contributed by atoms with E-state index in [1.807, 2.05) is 27.7 Å². The van der Waals surface area contributed by atoms with E-state index in [0.29, 0.717) is 25.6 Å². The first-order chi connectivity index (χ1) is 10.7. The van der Waals surface area contributed by atoms with Gasteiger partial charge in [-0.05, 0) is 34.6 Å². The topological polar surface area (TPSA) is 87.6 Å². The molecule has 0 saturated carbocycles. The summed E-state index contributed by atoms with van der Waals surface area (Å²) in [5, 5.41) is 10.0. The molecular formula is C15H27N5O2S. The Morgan fingerprint density at radius 3 is 2.39 bits per heavy atom. The molecule has 3 N–H and O–H groups in total. The van der Waals surface area contributed by atoms with E-state index >= 15 is 0 Å². The first-order valence-corrected chi connectivity index (χ1v) is 8.37. The molecule has 0 aliphatic rings. The highest BCUT2D eigenvalue weighted by molar-refractivity contribution is 7.11. The summed E-state index contributed by atoms with van der Waals surface area (Å²) < 4.78 is 5.16. The fraction of sp³-hybridized carbons (Fsp3) is 0.667. The number of ether oxygens (including phenoxy) is 1. The predicted molar refractivity (Wildman–Crippen MR) is 94.0 cm³/mol. The number of guanidine groups is 1. The molecule has 0 aliphatic carbocycles. The third kappa shape index (κ3) is 7.83. The van der Waals surface area contributed by atoms with Gasteiger partial charge in [0, 0.05) is 25.0 Å². The number of rotatable bonds is 5. The number of nitrogens with one attached hydrogen (secondary N) is 3. The second-order valence-corrected chi connectivity index (χ2v) is 7.32. The number of nitrogens with zero attached hydrogens (tertiary/aromatic N) is 2.